The molecule has 1 fully saturated rings. The third-order valence-electron chi connectivity index (χ3n) is 6.81. The summed E-state index contributed by atoms with van der Waals surface area (Å²) in [5, 5.41) is 27.2. The van der Waals surface area contributed by atoms with Gasteiger partial charge in [-0.05, 0) is 33.7 Å². The Kier molecular flexibility index (Phi) is 10.8. The summed E-state index contributed by atoms with van der Waals surface area (Å²) in [6.45, 7) is 5.20. The molecule has 0 aromatic carbocycles. The molecule has 0 radical (unpaired) electrons. The van der Waals surface area contributed by atoms with E-state index in [1.165, 1.54) is 12.6 Å². The summed E-state index contributed by atoms with van der Waals surface area (Å²) in [6, 6.07) is 0.246. The van der Waals surface area contributed by atoms with Gasteiger partial charge >= 0.3 is 0 Å². The van der Waals surface area contributed by atoms with E-state index in [1.54, 1.807) is 4.57 Å². The van der Waals surface area contributed by atoms with Gasteiger partial charge in [-0.2, -0.15) is 9.97 Å². The van der Waals surface area contributed by atoms with Crippen LogP contribution < -0.4 is 16.4 Å². The van der Waals surface area contributed by atoms with E-state index < -0.39 is 34.4 Å². The van der Waals surface area contributed by atoms with Gasteiger partial charge in [-0.25, -0.2) is 13.4 Å². The maximum atomic E-state index is 12.1. The number of hydrogen-bond acceptors (Lipinski definition) is 12. The van der Waals surface area contributed by atoms with E-state index >= 15 is 0 Å². The molecule has 15 heteroatoms. The number of likely N-dealkylation sites (N-methyl/N-ethyl adjacent to an activating group) is 1. The largest absolute Gasteiger partial charge is 0.387 e. The number of sulfone groups is 1. The summed E-state index contributed by atoms with van der Waals surface area (Å²) in [7, 11) is -1.01. The minimum atomic E-state index is -2.94. The summed E-state index contributed by atoms with van der Waals surface area (Å²) < 4.78 is 29.8. The first-order chi connectivity index (χ1) is 18.4. The van der Waals surface area contributed by atoms with E-state index in [4.69, 9.17) is 10.5 Å². The number of hydrogen-bond donors (Lipinski definition) is 5. The first kappa shape index (κ1) is 30.9. The summed E-state index contributed by atoms with van der Waals surface area (Å²) in [5.41, 5.74) is 6.79. The van der Waals surface area contributed by atoms with Crippen LogP contribution in [0.25, 0.3) is 11.2 Å². The Labute approximate surface area is 229 Å². The Morgan fingerprint density at radius 3 is 2.59 bits per heavy atom. The van der Waals surface area contributed by atoms with Crippen molar-refractivity contribution in [2.45, 2.75) is 76.5 Å². The van der Waals surface area contributed by atoms with E-state index in [9.17, 15) is 23.4 Å². The zero-order chi connectivity index (χ0) is 28.7. The maximum Gasteiger partial charge on any atom is 0.226 e. The second-order valence-corrected chi connectivity index (χ2v) is 12.7. The number of imidazole rings is 1. The van der Waals surface area contributed by atoms with Crippen molar-refractivity contribution in [2.75, 3.05) is 49.7 Å². The molecular formula is C24H42N8O6S. The minimum Gasteiger partial charge on any atom is -0.387 e. The van der Waals surface area contributed by atoms with Crippen molar-refractivity contribution in [3.8, 4) is 0 Å². The van der Waals surface area contributed by atoms with Crippen LogP contribution in [0.5, 0.6) is 0 Å². The number of carbonyl (C=O) groups excluding carboxylic acids is 1. The van der Waals surface area contributed by atoms with Crippen molar-refractivity contribution >= 4 is 38.7 Å². The fraction of sp³-hybridized carbons (Fsp3) is 0.750. The number of rotatable bonds is 15. The Morgan fingerprint density at radius 2 is 1.90 bits per heavy atom. The van der Waals surface area contributed by atoms with Gasteiger partial charge in [0.1, 0.15) is 33.7 Å². The molecule has 0 spiro atoms. The number of aliphatic hydroxyl groups is 2. The molecule has 1 aliphatic heterocycles. The molecule has 3 heterocycles. The fourth-order valence-corrected chi connectivity index (χ4v) is 5.00. The topological polar surface area (TPSA) is 198 Å². The zero-order valence-corrected chi connectivity index (χ0v) is 23.9. The molecule has 3 rings (SSSR count). The van der Waals surface area contributed by atoms with E-state index in [-0.39, 0.29) is 29.5 Å². The van der Waals surface area contributed by atoms with Gasteiger partial charge in [-0.1, -0.05) is 12.8 Å². The quantitative estimate of drug-likeness (QED) is 0.178. The molecule has 2 aromatic rings. The monoisotopic (exact) mass is 570 g/mol. The lowest BCUT2D eigenvalue weighted by molar-refractivity contribution is -0.121. The number of carbonyl (C=O) groups is 1. The summed E-state index contributed by atoms with van der Waals surface area (Å²) in [6.07, 6.45) is 2.17. The highest BCUT2D eigenvalue weighted by molar-refractivity contribution is 7.90. The molecule has 0 unspecified atom stereocenters. The third kappa shape index (κ3) is 8.70. The number of aromatic nitrogens is 4. The molecule has 0 aliphatic carbocycles. The molecule has 220 valence electrons. The lowest BCUT2D eigenvalue weighted by atomic mass is 10.1. The average Bonchev–Trinajstić information content (AvgIpc) is 3.40. The van der Waals surface area contributed by atoms with Crippen LogP contribution >= 0.6 is 0 Å². The number of fused-ring (bicyclic) bond motifs is 1. The second kappa shape index (κ2) is 13.7. The maximum absolute atomic E-state index is 12.1. The number of nitrogens with one attached hydrogen (secondary N) is 2. The van der Waals surface area contributed by atoms with Crippen LogP contribution in [-0.4, -0.2) is 112 Å². The number of nitrogens with two attached hydrogens (primary N) is 1. The van der Waals surface area contributed by atoms with Crippen LogP contribution in [0.15, 0.2) is 6.33 Å². The van der Waals surface area contributed by atoms with Gasteiger partial charge in [-0.15, -0.1) is 0 Å². The highest BCUT2D eigenvalue weighted by atomic mass is 32.2. The number of ether oxygens (including phenoxy) is 1. The number of nitrogens with zero attached hydrogens (tertiary/aromatic N) is 5. The Hall–Kier alpha value is -2.59. The lowest BCUT2D eigenvalue weighted by Crippen LogP contribution is -2.40. The summed E-state index contributed by atoms with van der Waals surface area (Å²) >= 11 is 0. The predicted octanol–water partition coefficient (Wildman–Crippen LogP) is -0.109. The Bertz CT molecular complexity index is 1210. The highest BCUT2D eigenvalue weighted by Crippen LogP contribution is 2.33. The summed E-state index contributed by atoms with van der Waals surface area (Å²) in [4.78, 5) is 27.1. The van der Waals surface area contributed by atoms with E-state index in [0.29, 0.717) is 50.1 Å². The highest BCUT2D eigenvalue weighted by Gasteiger charge is 2.44. The molecule has 1 aliphatic rings. The molecule has 39 heavy (non-hydrogen) atoms. The van der Waals surface area contributed by atoms with Crippen LogP contribution in [0.1, 0.15) is 52.2 Å². The van der Waals surface area contributed by atoms with Crippen molar-refractivity contribution < 1.29 is 28.2 Å². The van der Waals surface area contributed by atoms with Crippen LogP contribution in [0.4, 0.5) is 11.8 Å². The van der Waals surface area contributed by atoms with Gasteiger partial charge < -0.3 is 36.2 Å². The molecule has 2 aromatic heterocycles. The van der Waals surface area contributed by atoms with Crippen LogP contribution in [0.3, 0.4) is 0 Å². The average molecular weight is 571 g/mol. The van der Waals surface area contributed by atoms with Crippen LogP contribution in [0.2, 0.25) is 0 Å². The normalized spacial score (nSPS) is 21.7. The molecule has 14 nitrogen and oxygen atoms in total. The van der Waals surface area contributed by atoms with Crippen LogP contribution in [-0.2, 0) is 19.4 Å². The lowest BCUT2D eigenvalue weighted by Gasteiger charge is -2.25. The van der Waals surface area contributed by atoms with Crippen molar-refractivity contribution in [1.29, 1.82) is 0 Å². The van der Waals surface area contributed by atoms with Crippen molar-refractivity contribution in [3.63, 3.8) is 0 Å². The minimum absolute atomic E-state index is 0.0857. The van der Waals surface area contributed by atoms with Gasteiger partial charge in [0.05, 0.1) is 6.33 Å². The van der Waals surface area contributed by atoms with Crippen LogP contribution in [0, 0.1) is 0 Å². The number of aliphatic hydroxyl groups excluding tert-OH is 2. The van der Waals surface area contributed by atoms with Gasteiger partial charge in [0.2, 0.25) is 11.9 Å². The number of anilines is 2. The first-order valence-electron chi connectivity index (χ1n) is 13.3. The molecule has 6 N–H and O–H groups in total. The van der Waals surface area contributed by atoms with Crippen molar-refractivity contribution in [3.05, 3.63) is 6.33 Å². The second-order valence-electron chi connectivity index (χ2n) is 10.4. The Morgan fingerprint density at radius 1 is 1.18 bits per heavy atom. The van der Waals surface area contributed by atoms with E-state index in [2.05, 4.69) is 25.6 Å². The fourth-order valence-electron chi connectivity index (χ4n) is 4.28. The third-order valence-corrected chi connectivity index (χ3v) is 7.84. The van der Waals surface area contributed by atoms with Gasteiger partial charge in [0, 0.05) is 44.1 Å². The van der Waals surface area contributed by atoms with Crippen molar-refractivity contribution in [1.82, 2.24) is 29.7 Å². The van der Waals surface area contributed by atoms with Gasteiger partial charge in [-0.3, -0.25) is 9.36 Å². The predicted molar refractivity (Wildman–Crippen MR) is 148 cm³/mol. The molecule has 1 saturated heterocycles. The molecule has 0 bridgehead atoms. The number of amides is 1. The summed E-state index contributed by atoms with van der Waals surface area (Å²) in [5.74, 6) is 0.463. The molecular weight excluding hydrogens is 528 g/mol. The SMILES string of the molecule is CC(C)N(C)C[C@H]1O[C@@H](n2cnc3c(N)nc(NCCNC(=O)CCCCCCS(C)(=O)=O)nc32)[C@H](O)[C@@H]1O. The van der Waals surface area contributed by atoms with E-state index in [1.807, 2.05) is 25.8 Å². The van der Waals surface area contributed by atoms with E-state index in [0.717, 1.165) is 12.8 Å². The van der Waals surface area contributed by atoms with Gasteiger partial charge in [0.25, 0.3) is 0 Å². The number of unbranched alkanes of at least 4 members (excludes halogenated alkanes) is 3. The van der Waals surface area contributed by atoms with Crippen molar-refractivity contribution in [2.24, 2.45) is 0 Å². The smallest absolute Gasteiger partial charge is 0.226 e. The van der Waals surface area contributed by atoms with Gasteiger partial charge in [0.15, 0.2) is 17.7 Å². The molecule has 4 atom stereocenters. The number of nitrogen functional groups attached to an aromatic ring is 1. The standard InChI is InChI=1S/C24H42N8O6S/c1-15(2)31(3)13-16-19(34)20(35)23(38-16)32-14-28-18-21(25)29-24(30-22(18)32)27-11-10-26-17(33)9-7-5-6-8-12-39(4,36)37/h14-16,19-20,23,34-35H,5-13H2,1-4H3,(H,26,33)(H3,25,27,29,30)/t16-,19-,20-,23-/m1/s1. The molecule has 0 saturated carbocycles. The Balaban J connectivity index is 1.51. The first-order valence-corrected chi connectivity index (χ1v) is 15.3. The zero-order valence-electron chi connectivity index (χ0n) is 23.1. The molecule has 1 amide bonds.